The summed E-state index contributed by atoms with van der Waals surface area (Å²) in [6.07, 6.45) is 3.20. The number of aromatic nitrogens is 1. The van der Waals surface area contributed by atoms with E-state index in [1.807, 2.05) is 47.8 Å². The fourth-order valence-electron chi connectivity index (χ4n) is 1.95. The molecule has 0 aliphatic rings. The second-order valence-corrected chi connectivity index (χ2v) is 6.07. The lowest BCUT2D eigenvalue weighted by Gasteiger charge is -2.04. The predicted molar refractivity (Wildman–Crippen MR) is 94.1 cm³/mol. The number of nitrogens with zero attached hydrogens (tertiary/aromatic N) is 2. The Morgan fingerprint density at radius 2 is 2.00 bits per heavy atom. The molecule has 2 aromatic heterocycles. The third-order valence-electron chi connectivity index (χ3n) is 3.07. The molecule has 1 aromatic carbocycles. The number of hydrogen-bond acceptors (Lipinski definition) is 4. The average Bonchev–Trinajstić information content (AvgIpc) is 3.09. The normalized spacial score (nSPS) is 10.8. The second-order valence-electron chi connectivity index (χ2n) is 4.65. The highest BCUT2D eigenvalue weighted by atomic mass is 35.5. The van der Waals surface area contributed by atoms with Crippen LogP contribution in [0.5, 0.6) is 0 Å². The van der Waals surface area contributed by atoms with Gasteiger partial charge in [0.25, 0.3) is 5.91 Å². The summed E-state index contributed by atoms with van der Waals surface area (Å²) in [5.41, 5.74) is 4.64. The van der Waals surface area contributed by atoms with Crippen molar-refractivity contribution in [1.29, 1.82) is 0 Å². The zero-order chi connectivity index (χ0) is 16.1. The first-order valence-electron chi connectivity index (χ1n) is 6.81. The van der Waals surface area contributed by atoms with Gasteiger partial charge in [0.1, 0.15) is 5.69 Å². The standard InChI is InChI=1S/C17H12ClN3OS/c18-14-5-3-12(4-6-14)13-7-8-19-16(10-13)17(22)21-20-11-15-2-1-9-23-15/h1-11H,(H,21,22)/b20-11+. The Balaban J connectivity index is 1.74. The number of thiophene rings is 1. The van der Waals surface area contributed by atoms with E-state index in [0.29, 0.717) is 10.7 Å². The van der Waals surface area contributed by atoms with Gasteiger partial charge in [0.15, 0.2) is 0 Å². The largest absolute Gasteiger partial charge is 0.289 e. The topological polar surface area (TPSA) is 54.4 Å². The van der Waals surface area contributed by atoms with Crippen molar-refractivity contribution in [2.45, 2.75) is 0 Å². The molecule has 2 heterocycles. The molecule has 3 rings (SSSR count). The Hall–Kier alpha value is -2.50. The van der Waals surface area contributed by atoms with Crippen molar-refractivity contribution in [2.75, 3.05) is 0 Å². The molecule has 1 N–H and O–H groups in total. The maximum atomic E-state index is 12.1. The van der Waals surface area contributed by atoms with E-state index < -0.39 is 0 Å². The van der Waals surface area contributed by atoms with Gasteiger partial charge in [-0.25, -0.2) is 5.43 Å². The number of benzene rings is 1. The minimum Gasteiger partial charge on any atom is -0.266 e. The molecule has 3 aromatic rings. The van der Waals surface area contributed by atoms with Gasteiger partial charge in [-0.3, -0.25) is 9.78 Å². The molecule has 114 valence electrons. The summed E-state index contributed by atoms with van der Waals surface area (Å²) in [5.74, 6) is -0.353. The van der Waals surface area contributed by atoms with Crippen molar-refractivity contribution in [3.8, 4) is 11.1 Å². The number of halogens is 1. The summed E-state index contributed by atoms with van der Waals surface area (Å²) >= 11 is 7.43. The van der Waals surface area contributed by atoms with Gasteiger partial charge in [-0.15, -0.1) is 11.3 Å². The molecule has 0 unspecified atom stereocenters. The van der Waals surface area contributed by atoms with Gasteiger partial charge < -0.3 is 0 Å². The molecule has 0 atom stereocenters. The molecule has 1 amide bonds. The minimum absolute atomic E-state index is 0.306. The first-order chi connectivity index (χ1) is 11.2. The molecule has 0 aliphatic carbocycles. The zero-order valence-corrected chi connectivity index (χ0v) is 13.5. The van der Waals surface area contributed by atoms with E-state index in [9.17, 15) is 4.79 Å². The predicted octanol–water partition coefficient (Wildman–Crippen LogP) is 4.23. The molecule has 4 nitrogen and oxygen atoms in total. The van der Waals surface area contributed by atoms with Gasteiger partial charge in [-0.1, -0.05) is 29.8 Å². The SMILES string of the molecule is O=C(N/N=C/c1cccs1)c1cc(-c2ccc(Cl)cc2)ccn1. The molecule has 0 bridgehead atoms. The Morgan fingerprint density at radius 1 is 1.17 bits per heavy atom. The van der Waals surface area contributed by atoms with Gasteiger partial charge >= 0.3 is 0 Å². The molecule has 0 saturated carbocycles. The van der Waals surface area contributed by atoms with Crippen molar-refractivity contribution >= 4 is 35.1 Å². The van der Waals surface area contributed by atoms with E-state index in [0.717, 1.165) is 16.0 Å². The molecule has 0 aliphatic heterocycles. The lowest BCUT2D eigenvalue weighted by Crippen LogP contribution is -2.18. The number of nitrogens with one attached hydrogen (secondary N) is 1. The number of hydrogen-bond donors (Lipinski definition) is 1. The lowest BCUT2D eigenvalue weighted by molar-refractivity contribution is 0.0950. The van der Waals surface area contributed by atoms with Crippen LogP contribution in [-0.4, -0.2) is 17.1 Å². The van der Waals surface area contributed by atoms with Crippen molar-refractivity contribution in [3.63, 3.8) is 0 Å². The number of rotatable bonds is 4. The fraction of sp³-hybridized carbons (Fsp3) is 0. The van der Waals surface area contributed by atoms with E-state index in [2.05, 4.69) is 15.5 Å². The number of carbonyl (C=O) groups is 1. The number of pyridine rings is 1. The van der Waals surface area contributed by atoms with Crippen LogP contribution in [0.1, 0.15) is 15.4 Å². The van der Waals surface area contributed by atoms with Crippen LogP contribution in [0.2, 0.25) is 5.02 Å². The van der Waals surface area contributed by atoms with Crippen molar-refractivity contribution in [3.05, 3.63) is 75.7 Å². The van der Waals surface area contributed by atoms with Gasteiger partial charge in [-0.2, -0.15) is 5.10 Å². The monoisotopic (exact) mass is 341 g/mol. The molecule has 0 fully saturated rings. The maximum absolute atomic E-state index is 12.1. The second kappa shape index (κ2) is 7.17. The first-order valence-corrected chi connectivity index (χ1v) is 8.07. The summed E-state index contributed by atoms with van der Waals surface area (Å²) in [7, 11) is 0. The Morgan fingerprint density at radius 3 is 2.74 bits per heavy atom. The van der Waals surface area contributed by atoms with E-state index in [-0.39, 0.29) is 5.91 Å². The third-order valence-corrected chi connectivity index (χ3v) is 4.13. The van der Waals surface area contributed by atoms with E-state index >= 15 is 0 Å². The Labute approximate surface area is 142 Å². The van der Waals surface area contributed by atoms with E-state index in [1.54, 1.807) is 29.8 Å². The lowest BCUT2D eigenvalue weighted by atomic mass is 10.1. The van der Waals surface area contributed by atoms with Gasteiger partial charge in [0.05, 0.1) is 6.21 Å². The number of carbonyl (C=O) groups excluding carboxylic acids is 1. The fourth-order valence-corrected chi connectivity index (χ4v) is 2.66. The summed E-state index contributed by atoms with van der Waals surface area (Å²) in [4.78, 5) is 17.2. The number of amides is 1. The van der Waals surface area contributed by atoms with Crippen molar-refractivity contribution in [2.24, 2.45) is 5.10 Å². The van der Waals surface area contributed by atoms with Crippen molar-refractivity contribution < 1.29 is 4.79 Å². The average molecular weight is 342 g/mol. The Bertz CT molecular complexity index is 829. The molecule has 23 heavy (non-hydrogen) atoms. The molecule has 6 heteroatoms. The van der Waals surface area contributed by atoms with Gasteiger partial charge in [0.2, 0.25) is 0 Å². The van der Waals surface area contributed by atoms with Crippen LogP contribution in [0.3, 0.4) is 0 Å². The zero-order valence-electron chi connectivity index (χ0n) is 11.9. The molecular formula is C17H12ClN3OS. The van der Waals surface area contributed by atoms with Crippen molar-refractivity contribution in [1.82, 2.24) is 10.4 Å². The maximum Gasteiger partial charge on any atom is 0.289 e. The molecule has 0 spiro atoms. The van der Waals surface area contributed by atoms with Crippen LogP contribution >= 0.6 is 22.9 Å². The van der Waals surface area contributed by atoms with Crippen LogP contribution in [-0.2, 0) is 0 Å². The van der Waals surface area contributed by atoms with Crippen LogP contribution in [0.25, 0.3) is 11.1 Å². The van der Waals surface area contributed by atoms with E-state index in [4.69, 9.17) is 11.6 Å². The van der Waals surface area contributed by atoms with Crippen LogP contribution in [0, 0.1) is 0 Å². The summed E-state index contributed by atoms with van der Waals surface area (Å²) in [6, 6.07) is 14.8. The summed E-state index contributed by atoms with van der Waals surface area (Å²) < 4.78 is 0. The van der Waals surface area contributed by atoms with Crippen LogP contribution in [0.4, 0.5) is 0 Å². The highest BCUT2D eigenvalue weighted by Crippen LogP contribution is 2.21. The quantitative estimate of drug-likeness (QED) is 0.570. The molecule has 0 saturated heterocycles. The van der Waals surface area contributed by atoms with Gasteiger partial charge in [-0.05, 0) is 46.8 Å². The smallest absolute Gasteiger partial charge is 0.266 e. The highest BCUT2D eigenvalue weighted by Gasteiger charge is 2.08. The first kappa shape index (κ1) is 15.4. The number of hydrazone groups is 1. The summed E-state index contributed by atoms with van der Waals surface area (Å²) in [6.45, 7) is 0. The highest BCUT2D eigenvalue weighted by molar-refractivity contribution is 7.11. The van der Waals surface area contributed by atoms with Gasteiger partial charge in [0, 0.05) is 16.1 Å². The van der Waals surface area contributed by atoms with E-state index in [1.165, 1.54) is 0 Å². The third kappa shape index (κ3) is 4.03. The molecular weight excluding hydrogens is 330 g/mol. The minimum atomic E-state index is -0.353. The molecule has 0 radical (unpaired) electrons. The Kier molecular flexibility index (Phi) is 4.80. The van der Waals surface area contributed by atoms with Crippen LogP contribution < -0.4 is 5.43 Å². The van der Waals surface area contributed by atoms with Crippen LogP contribution in [0.15, 0.2) is 65.2 Å². The summed E-state index contributed by atoms with van der Waals surface area (Å²) in [5, 5.41) is 6.55.